The molecule has 1 aliphatic heterocycles. The molecule has 7 aromatic rings. The second-order valence-electron chi connectivity index (χ2n) is 10.5. The molecule has 0 radical (unpaired) electrons. The Morgan fingerprint density at radius 3 is 2.18 bits per heavy atom. The fourth-order valence-electron chi connectivity index (χ4n) is 6.50. The van der Waals surface area contributed by atoms with Gasteiger partial charge in [-0.25, -0.2) is 0 Å². The quantitative estimate of drug-likeness (QED) is 0.234. The molecular formula is C36H23NS2. The van der Waals surface area contributed by atoms with E-state index < -0.39 is 0 Å². The van der Waals surface area contributed by atoms with E-state index >= 15 is 0 Å². The third-order valence-electron chi connectivity index (χ3n) is 8.37. The Bertz CT molecular complexity index is 2170. The third kappa shape index (κ3) is 3.21. The Morgan fingerprint density at radius 2 is 1.31 bits per heavy atom. The Kier molecular flexibility index (Phi) is 4.60. The first-order valence-electron chi connectivity index (χ1n) is 13.4. The van der Waals surface area contributed by atoms with Crippen molar-refractivity contribution < 1.29 is 0 Å². The number of rotatable bonds is 2. The first-order valence-corrected chi connectivity index (χ1v) is 15.1. The smallest absolute Gasteiger partial charge is 0.0465 e. The van der Waals surface area contributed by atoms with Gasteiger partial charge < -0.3 is 4.98 Å². The van der Waals surface area contributed by atoms with Gasteiger partial charge in [0.15, 0.2) is 0 Å². The molecule has 184 valence electrons. The minimum atomic E-state index is 0.478. The van der Waals surface area contributed by atoms with E-state index in [1.807, 2.05) is 23.1 Å². The van der Waals surface area contributed by atoms with Crippen LogP contribution in [0.15, 0.2) is 126 Å². The second kappa shape index (κ2) is 8.22. The van der Waals surface area contributed by atoms with Gasteiger partial charge in [-0.05, 0) is 58.1 Å². The van der Waals surface area contributed by atoms with Crippen LogP contribution in [0, 0.1) is 0 Å². The van der Waals surface area contributed by atoms with E-state index in [-0.39, 0.29) is 0 Å². The standard InChI is InChI=1S/C36H23NS2/c1-3-13-33-25(7-1)27-11-5-9-23(35(27)38-33)21-15-17-31-29(19-21)30-20-22(16-18-32(30)37-31)24-10-6-12-28-26-8-2-4-14-34(26)39-36(24)28/h1-20,25,33,37H. The summed E-state index contributed by atoms with van der Waals surface area (Å²) >= 11 is 3.90. The van der Waals surface area contributed by atoms with Crippen LogP contribution in [-0.2, 0) is 0 Å². The van der Waals surface area contributed by atoms with Crippen LogP contribution in [0.5, 0.6) is 0 Å². The van der Waals surface area contributed by atoms with E-state index in [2.05, 4.69) is 126 Å². The summed E-state index contributed by atoms with van der Waals surface area (Å²) in [5.74, 6) is 0.478. The van der Waals surface area contributed by atoms with Gasteiger partial charge in [-0.15, -0.1) is 23.1 Å². The molecule has 0 saturated heterocycles. The molecule has 1 N–H and O–H groups in total. The number of hydrogen-bond donors (Lipinski definition) is 1. The van der Waals surface area contributed by atoms with Crippen LogP contribution in [0.25, 0.3) is 64.2 Å². The van der Waals surface area contributed by atoms with Gasteiger partial charge >= 0.3 is 0 Å². The van der Waals surface area contributed by atoms with Gasteiger partial charge in [0.1, 0.15) is 0 Å². The van der Waals surface area contributed by atoms with Crippen molar-refractivity contribution in [2.45, 2.75) is 16.1 Å². The lowest BCUT2D eigenvalue weighted by molar-refractivity contribution is 0.881. The van der Waals surface area contributed by atoms with Gasteiger partial charge in [-0.2, -0.15) is 0 Å². The molecule has 0 spiro atoms. The van der Waals surface area contributed by atoms with Gasteiger partial charge in [0, 0.05) is 58.0 Å². The molecule has 39 heavy (non-hydrogen) atoms. The lowest BCUT2D eigenvalue weighted by Gasteiger charge is -2.14. The fraction of sp³-hybridized carbons (Fsp3) is 0.0556. The average molecular weight is 534 g/mol. The van der Waals surface area contributed by atoms with Gasteiger partial charge in [-0.1, -0.05) is 91.0 Å². The third-order valence-corrected chi connectivity index (χ3v) is 11.0. The minimum absolute atomic E-state index is 0.478. The Hall–Kier alpha value is -4.05. The summed E-state index contributed by atoms with van der Waals surface area (Å²) < 4.78 is 2.71. The summed E-state index contributed by atoms with van der Waals surface area (Å²) in [4.78, 5) is 5.10. The molecule has 3 heterocycles. The fourth-order valence-corrected chi connectivity index (χ4v) is 9.22. The highest BCUT2D eigenvalue weighted by molar-refractivity contribution is 8.00. The molecule has 2 atom stereocenters. The molecule has 5 aromatic carbocycles. The zero-order chi connectivity index (χ0) is 25.5. The van der Waals surface area contributed by atoms with Crippen molar-refractivity contribution in [1.29, 1.82) is 0 Å². The zero-order valence-corrected chi connectivity index (χ0v) is 22.7. The molecule has 0 bridgehead atoms. The minimum Gasteiger partial charge on any atom is -0.355 e. The monoisotopic (exact) mass is 533 g/mol. The number of hydrogen-bond acceptors (Lipinski definition) is 2. The Morgan fingerprint density at radius 1 is 0.590 bits per heavy atom. The molecule has 2 aromatic heterocycles. The van der Waals surface area contributed by atoms with Crippen LogP contribution in [0.2, 0.25) is 0 Å². The first kappa shape index (κ1) is 21.8. The van der Waals surface area contributed by atoms with Crippen molar-refractivity contribution in [1.82, 2.24) is 4.98 Å². The van der Waals surface area contributed by atoms with Crippen LogP contribution in [-0.4, -0.2) is 10.2 Å². The molecule has 1 nitrogen and oxygen atoms in total. The van der Waals surface area contributed by atoms with Crippen molar-refractivity contribution in [3.8, 4) is 22.3 Å². The first-order chi connectivity index (χ1) is 19.3. The SMILES string of the molecule is C1=CC2Sc3c(-c4ccc5[nH]c6ccc(-c7cccc8c7sc7ccccc78)cc6c5c4)cccc3C2C=C1. The second-order valence-corrected chi connectivity index (χ2v) is 12.8. The molecule has 3 heteroatoms. The van der Waals surface area contributed by atoms with Crippen LogP contribution in [0.4, 0.5) is 0 Å². The summed E-state index contributed by atoms with van der Waals surface area (Å²) in [7, 11) is 0. The molecule has 0 saturated carbocycles. The van der Waals surface area contributed by atoms with E-state index in [9.17, 15) is 0 Å². The predicted molar refractivity (Wildman–Crippen MR) is 170 cm³/mol. The summed E-state index contributed by atoms with van der Waals surface area (Å²) in [6, 6.07) is 36.1. The van der Waals surface area contributed by atoms with E-state index in [1.165, 1.54) is 74.7 Å². The number of H-pyrrole nitrogens is 1. The lowest BCUT2D eigenvalue weighted by atomic mass is 9.90. The normalized spacial score (nSPS) is 17.9. The van der Waals surface area contributed by atoms with Gasteiger partial charge in [-0.3, -0.25) is 0 Å². The maximum Gasteiger partial charge on any atom is 0.0465 e. The molecule has 0 fully saturated rings. The maximum absolute atomic E-state index is 3.67. The van der Waals surface area contributed by atoms with Crippen molar-refractivity contribution in [2.24, 2.45) is 0 Å². The van der Waals surface area contributed by atoms with E-state index in [1.54, 1.807) is 0 Å². The average Bonchev–Trinajstić information content (AvgIpc) is 3.67. The van der Waals surface area contributed by atoms with Crippen molar-refractivity contribution in [2.75, 3.05) is 0 Å². The van der Waals surface area contributed by atoms with Crippen LogP contribution < -0.4 is 0 Å². The van der Waals surface area contributed by atoms with E-state index in [4.69, 9.17) is 0 Å². The molecule has 2 aliphatic rings. The van der Waals surface area contributed by atoms with Crippen molar-refractivity contribution in [3.63, 3.8) is 0 Å². The highest BCUT2D eigenvalue weighted by Crippen LogP contribution is 2.52. The summed E-state index contributed by atoms with van der Waals surface area (Å²) in [6.07, 6.45) is 9.09. The number of benzene rings is 5. The Labute approximate surface area is 234 Å². The van der Waals surface area contributed by atoms with Crippen molar-refractivity contribution in [3.05, 3.63) is 127 Å². The number of nitrogens with one attached hydrogen (secondary N) is 1. The van der Waals surface area contributed by atoms with Crippen molar-refractivity contribution >= 4 is 65.1 Å². The zero-order valence-electron chi connectivity index (χ0n) is 21.0. The molecule has 0 amide bonds. The number of allylic oxidation sites excluding steroid dienone is 3. The lowest BCUT2D eigenvalue weighted by Crippen LogP contribution is -2.06. The largest absolute Gasteiger partial charge is 0.355 e. The van der Waals surface area contributed by atoms with Crippen LogP contribution in [0.1, 0.15) is 11.5 Å². The van der Waals surface area contributed by atoms with E-state index in [0.717, 1.165) is 0 Å². The molecule has 1 aliphatic carbocycles. The van der Waals surface area contributed by atoms with Gasteiger partial charge in [0.25, 0.3) is 0 Å². The topological polar surface area (TPSA) is 15.8 Å². The van der Waals surface area contributed by atoms with E-state index in [0.29, 0.717) is 11.2 Å². The molecule has 9 rings (SSSR count). The van der Waals surface area contributed by atoms with Gasteiger partial charge in [0.2, 0.25) is 0 Å². The van der Waals surface area contributed by atoms with Gasteiger partial charge in [0.05, 0.1) is 0 Å². The highest BCUT2D eigenvalue weighted by Gasteiger charge is 2.32. The maximum atomic E-state index is 3.67. The molecule has 2 unspecified atom stereocenters. The Balaban J connectivity index is 1.22. The predicted octanol–water partition coefficient (Wildman–Crippen LogP) is 10.7. The summed E-state index contributed by atoms with van der Waals surface area (Å²) in [6.45, 7) is 0. The number of fused-ring (bicyclic) bond motifs is 9. The summed E-state index contributed by atoms with van der Waals surface area (Å²) in [5.41, 5.74) is 9.04. The number of aromatic amines is 1. The number of thioether (sulfide) groups is 1. The highest BCUT2D eigenvalue weighted by atomic mass is 32.2. The van der Waals surface area contributed by atoms with Crippen LogP contribution >= 0.6 is 23.1 Å². The number of aromatic nitrogens is 1. The molecular weight excluding hydrogens is 511 g/mol. The summed E-state index contributed by atoms with van der Waals surface area (Å²) in [5, 5.41) is 5.75. The van der Waals surface area contributed by atoms with Crippen LogP contribution in [0.3, 0.4) is 0 Å². The number of thiophene rings is 1.